The number of fused-ring (bicyclic) bond motifs is 3. The summed E-state index contributed by atoms with van der Waals surface area (Å²) in [5.74, 6) is -0.289. The van der Waals surface area contributed by atoms with Gasteiger partial charge in [0.15, 0.2) is 11.4 Å². The van der Waals surface area contributed by atoms with E-state index >= 15 is 0 Å². The summed E-state index contributed by atoms with van der Waals surface area (Å²) in [6.45, 7) is 3.66. The SMILES string of the molecule is Cc1cc(C)nc(-n2[nH]c3ncc4c(c3c2=O)C[C@@H](c2ccc(F)cc2)CC4=O)n1. The molecule has 7 nitrogen and oxygen atoms in total. The highest BCUT2D eigenvalue weighted by Gasteiger charge is 2.30. The molecule has 3 aromatic heterocycles. The maximum atomic E-state index is 13.3. The highest BCUT2D eigenvalue weighted by Crippen LogP contribution is 2.34. The Labute approximate surface area is 170 Å². The fraction of sp³-hybridized carbons (Fsp3) is 0.227. The van der Waals surface area contributed by atoms with Gasteiger partial charge < -0.3 is 0 Å². The number of H-pyrrole nitrogens is 1. The first-order valence-corrected chi connectivity index (χ1v) is 9.64. The molecule has 0 saturated heterocycles. The first kappa shape index (κ1) is 18.4. The molecule has 0 bridgehead atoms. The largest absolute Gasteiger partial charge is 0.294 e. The van der Waals surface area contributed by atoms with Crippen LogP contribution in [0.5, 0.6) is 0 Å². The summed E-state index contributed by atoms with van der Waals surface area (Å²) in [5.41, 5.74) is 3.52. The molecule has 30 heavy (non-hydrogen) atoms. The lowest BCUT2D eigenvalue weighted by molar-refractivity contribution is 0.0964. The number of nitrogens with zero attached hydrogens (tertiary/aromatic N) is 4. The number of carbonyl (C=O) groups is 1. The highest BCUT2D eigenvalue weighted by molar-refractivity contribution is 6.02. The Balaban J connectivity index is 1.67. The van der Waals surface area contributed by atoms with Crippen LogP contribution in [0.2, 0.25) is 0 Å². The summed E-state index contributed by atoms with van der Waals surface area (Å²) < 4.78 is 14.6. The molecule has 5 rings (SSSR count). The van der Waals surface area contributed by atoms with Crippen molar-refractivity contribution >= 4 is 16.8 Å². The lowest BCUT2D eigenvalue weighted by atomic mass is 9.79. The topological polar surface area (TPSA) is 93.5 Å². The van der Waals surface area contributed by atoms with Crippen molar-refractivity contribution in [3.63, 3.8) is 0 Å². The smallest absolute Gasteiger partial charge is 0.283 e. The van der Waals surface area contributed by atoms with Gasteiger partial charge in [0.1, 0.15) is 5.82 Å². The van der Waals surface area contributed by atoms with Crippen molar-refractivity contribution in [3.8, 4) is 5.95 Å². The van der Waals surface area contributed by atoms with Gasteiger partial charge in [0.05, 0.1) is 5.39 Å². The minimum Gasteiger partial charge on any atom is -0.294 e. The van der Waals surface area contributed by atoms with E-state index in [9.17, 15) is 14.0 Å². The molecule has 150 valence electrons. The molecule has 1 atom stereocenters. The molecule has 0 saturated carbocycles. The van der Waals surface area contributed by atoms with E-state index in [1.807, 2.05) is 19.9 Å². The fourth-order valence-electron chi connectivity index (χ4n) is 4.16. The van der Waals surface area contributed by atoms with E-state index in [0.29, 0.717) is 35.0 Å². The Morgan fingerprint density at radius 1 is 1.07 bits per heavy atom. The number of aromatic nitrogens is 5. The number of rotatable bonds is 2. The van der Waals surface area contributed by atoms with Gasteiger partial charge in [0.2, 0.25) is 0 Å². The normalized spacial score (nSPS) is 16.1. The number of ketones is 1. The quantitative estimate of drug-likeness (QED) is 0.555. The molecule has 1 N–H and O–H groups in total. The standard InChI is InChI=1S/C22H18FN5O2/c1-11-7-12(2)26-22(25-11)28-21(30)19-16-8-14(13-3-5-15(23)6-4-13)9-18(29)17(16)10-24-20(19)27-28/h3-7,10,14H,8-9H2,1-2H3,(H,24,27)/t14-/m1/s1. The summed E-state index contributed by atoms with van der Waals surface area (Å²) in [6.07, 6.45) is 2.31. The second kappa shape index (κ2) is 6.69. The lowest BCUT2D eigenvalue weighted by Gasteiger charge is -2.24. The zero-order valence-corrected chi connectivity index (χ0v) is 16.4. The number of aromatic amines is 1. The average Bonchev–Trinajstić information content (AvgIpc) is 3.05. The van der Waals surface area contributed by atoms with Gasteiger partial charge in [-0.3, -0.25) is 14.7 Å². The average molecular weight is 403 g/mol. The highest BCUT2D eigenvalue weighted by atomic mass is 19.1. The van der Waals surface area contributed by atoms with Gasteiger partial charge in [-0.15, -0.1) is 0 Å². The fourth-order valence-corrected chi connectivity index (χ4v) is 4.16. The molecular weight excluding hydrogens is 385 g/mol. The van der Waals surface area contributed by atoms with Crippen LogP contribution in [-0.4, -0.2) is 30.5 Å². The zero-order valence-electron chi connectivity index (χ0n) is 16.4. The third-order valence-electron chi connectivity index (χ3n) is 5.52. The molecule has 8 heteroatoms. The molecule has 0 amide bonds. The van der Waals surface area contributed by atoms with E-state index in [4.69, 9.17) is 0 Å². The van der Waals surface area contributed by atoms with Crippen molar-refractivity contribution in [1.82, 2.24) is 24.7 Å². The summed E-state index contributed by atoms with van der Waals surface area (Å²) in [7, 11) is 0. The van der Waals surface area contributed by atoms with Crippen LogP contribution in [-0.2, 0) is 6.42 Å². The number of Topliss-reactive ketones (excluding diaryl/α,β-unsaturated/α-hetero) is 1. The molecule has 0 aliphatic heterocycles. The number of carbonyl (C=O) groups excluding carboxylic acids is 1. The second-order valence-electron chi connectivity index (χ2n) is 7.66. The molecular formula is C22H18FN5O2. The maximum Gasteiger partial charge on any atom is 0.283 e. The van der Waals surface area contributed by atoms with E-state index in [2.05, 4.69) is 20.1 Å². The molecule has 0 unspecified atom stereocenters. The van der Waals surface area contributed by atoms with Crippen LogP contribution in [0.3, 0.4) is 0 Å². The molecule has 1 aliphatic rings. The molecule has 0 spiro atoms. The molecule has 0 radical (unpaired) electrons. The summed E-state index contributed by atoms with van der Waals surface area (Å²) in [6, 6.07) is 7.98. The number of aryl methyl sites for hydroxylation is 2. The Morgan fingerprint density at radius 2 is 1.77 bits per heavy atom. The summed E-state index contributed by atoms with van der Waals surface area (Å²) >= 11 is 0. The lowest BCUT2D eigenvalue weighted by Crippen LogP contribution is -2.22. The first-order chi connectivity index (χ1) is 14.4. The predicted molar refractivity (Wildman–Crippen MR) is 109 cm³/mol. The van der Waals surface area contributed by atoms with Crippen LogP contribution in [0.1, 0.15) is 45.2 Å². The van der Waals surface area contributed by atoms with Crippen LogP contribution in [0.15, 0.2) is 41.3 Å². The summed E-state index contributed by atoms with van der Waals surface area (Å²) in [5, 5.41) is 3.34. The Kier molecular flexibility index (Phi) is 4.09. The van der Waals surface area contributed by atoms with Crippen molar-refractivity contribution in [2.45, 2.75) is 32.6 Å². The maximum absolute atomic E-state index is 13.3. The number of hydrogen-bond acceptors (Lipinski definition) is 5. The van der Waals surface area contributed by atoms with Gasteiger partial charge in [-0.05, 0) is 55.5 Å². The minimum atomic E-state index is -0.341. The van der Waals surface area contributed by atoms with E-state index in [-0.39, 0.29) is 29.0 Å². The van der Waals surface area contributed by atoms with Gasteiger partial charge in [-0.25, -0.2) is 19.3 Å². The van der Waals surface area contributed by atoms with Crippen LogP contribution < -0.4 is 5.56 Å². The van der Waals surface area contributed by atoms with Gasteiger partial charge in [-0.1, -0.05) is 12.1 Å². The monoisotopic (exact) mass is 403 g/mol. The molecule has 4 aromatic rings. The van der Waals surface area contributed by atoms with Gasteiger partial charge >= 0.3 is 0 Å². The van der Waals surface area contributed by atoms with Gasteiger partial charge in [-0.2, -0.15) is 4.68 Å². The van der Waals surface area contributed by atoms with E-state index in [1.54, 1.807) is 12.1 Å². The number of benzene rings is 1. The molecule has 0 fully saturated rings. The van der Waals surface area contributed by atoms with Crippen molar-refractivity contribution in [3.05, 3.63) is 80.8 Å². The third-order valence-corrected chi connectivity index (χ3v) is 5.52. The number of hydrogen-bond donors (Lipinski definition) is 1. The van der Waals surface area contributed by atoms with E-state index in [1.165, 1.54) is 23.0 Å². The molecule has 1 aliphatic carbocycles. The van der Waals surface area contributed by atoms with Crippen LogP contribution >= 0.6 is 0 Å². The number of pyridine rings is 1. The number of halogens is 1. The van der Waals surface area contributed by atoms with Crippen LogP contribution in [0, 0.1) is 19.7 Å². The van der Waals surface area contributed by atoms with Crippen molar-refractivity contribution in [2.75, 3.05) is 0 Å². The second-order valence-corrected chi connectivity index (χ2v) is 7.66. The Hall–Kier alpha value is -3.68. The van der Waals surface area contributed by atoms with Gasteiger partial charge in [0, 0.05) is 29.6 Å². The van der Waals surface area contributed by atoms with Crippen LogP contribution in [0.25, 0.3) is 17.0 Å². The first-order valence-electron chi connectivity index (χ1n) is 9.64. The molecule has 1 aromatic carbocycles. The van der Waals surface area contributed by atoms with E-state index in [0.717, 1.165) is 17.0 Å². The molecule has 3 heterocycles. The zero-order chi connectivity index (χ0) is 21.0. The Bertz CT molecular complexity index is 1350. The number of nitrogens with one attached hydrogen (secondary N) is 1. The Morgan fingerprint density at radius 3 is 2.47 bits per heavy atom. The van der Waals surface area contributed by atoms with E-state index < -0.39 is 0 Å². The predicted octanol–water partition coefficient (Wildman–Crippen LogP) is 3.17. The minimum absolute atomic E-state index is 0.0743. The van der Waals surface area contributed by atoms with Crippen LogP contribution in [0.4, 0.5) is 4.39 Å². The third kappa shape index (κ3) is 2.92. The van der Waals surface area contributed by atoms with Gasteiger partial charge in [0.25, 0.3) is 11.5 Å². The van der Waals surface area contributed by atoms with Crippen molar-refractivity contribution in [1.29, 1.82) is 0 Å². The summed E-state index contributed by atoms with van der Waals surface area (Å²) in [4.78, 5) is 39.1. The van der Waals surface area contributed by atoms with Crippen molar-refractivity contribution in [2.24, 2.45) is 0 Å². The van der Waals surface area contributed by atoms with Crippen molar-refractivity contribution < 1.29 is 9.18 Å².